The highest BCUT2D eigenvalue weighted by Crippen LogP contribution is 2.18. The maximum atomic E-state index is 5.30. The van der Waals surface area contributed by atoms with Crippen molar-refractivity contribution >= 4 is 29.9 Å². The van der Waals surface area contributed by atoms with Gasteiger partial charge in [-0.1, -0.05) is 36.3 Å². The minimum absolute atomic E-state index is 0. The standard InChI is InChI=1S/C25H29N7O.HI/c1-3-23-30-24(33-31-23)21-9-5-19(6-10-21)13-16-27-25(26-2)28-17-14-20-7-11-22(12-8-20)32-18-4-15-29-32;/h4-12,15,18H,3,13-14,16-17H2,1-2H3,(H2,26,27,28);1H. The highest BCUT2D eigenvalue weighted by molar-refractivity contribution is 14.0. The summed E-state index contributed by atoms with van der Waals surface area (Å²) < 4.78 is 7.16. The normalized spacial score (nSPS) is 11.2. The highest BCUT2D eigenvalue weighted by Gasteiger charge is 2.07. The van der Waals surface area contributed by atoms with E-state index in [1.54, 1.807) is 13.2 Å². The van der Waals surface area contributed by atoms with Crippen LogP contribution < -0.4 is 10.6 Å². The fourth-order valence-electron chi connectivity index (χ4n) is 3.44. The number of guanidine groups is 1. The average Bonchev–Trinajstić information content (AvgIpc) is 3.56. The molecule has 8 nitrogen and oxygen atoms in total. The fraction of sp³-hybridized carbons (Fsp3) is 0.280. The number of benzene rings is 2. The molecule has 0 aliphatic heterocycles. The molecule has 0 saturated carbocycles. The van der Waals surface area contributed by atoms with Crippen molar-refractivity contribution in [3.63, 3.8) is 0 Å². The second-order valence-corrected chi connectivity index (χ2v) is 7.61. The molecule has 2 N–H and O–H groups in total. The minimum atomic E-state index is 0. The van der Waals surface area contributed by atoms with E-state index in [-0.39, 0.29) is 24.0 Å². The molecule has 0 atom stereocenters. The van der Waals surface area contributed by atoms with Crippen LogP contribution in [0.1, 0.15) is 23.9 Å². The van der Waals surface area contributed by atoms with E-state index in [2.05, 4.69) is 67.3 Å². The van der Waals surface area contributed by atoms with Gasteiger partial charge in [0.2, 0.25) is 0 Å². The Morgan fingerprint density at radius 3 is 2.15 bits per heavy atom. The summed E-state index contributed by atoms with van der Waals surface area (Å²) in [5.41, 5.74) is 4.49. The van der Waals surface area contributed by atoms with Crippen molar-refractivity contribution in [2.75, 3.05) is 20.1 Å². The maximum absolute atomic E-state index is 5.30. The molecule has 0 spiro atoms. The molecule has 2 aromatic heterocycles. The van der Waals surface area contributed by atoms with Gasteiger partial charge in [0.05, 0.1) is 5.69 Å². The zero-order valence-electron chi connectivity index (χ0n) is 19.4. The number of nitrogens with zero attached hydrogens (tertiary/aromatic N) is 5. The molecule has 0 aliphatic rings. The molecule has 0 radical (unpaired) electrons. The Balaban J connectivity index is 0.00000324. The number of halogens is 1. The van der Waals surface area contributed by atoms with E-state index in [1.807, 2.05) is 36.0 Å². The van der Waals surface area contributed by atoms with E-state index in [0.29, 0.717) is 5.89 Å². The van der Waals surface area contributed by atoms with Crippen molar-refractivity contribution in [1.82, 2.24) is 30.6 Å². The molecule has 0 unspecified atom stereocenters. The molecule has 9 heteroatoms. The lowest BCUT2D eigenvalue weighted by molar-refractivity contribution is 0.423. The first-order chi connectivity index (χ1) is 16.2. The summed E-state index contributed by atoms with van der Waals surface area (Å²) >= 11 is 0. The van der Waals surface area contributed by atoms with Crippen LogP contribution in [-0.4, -0.2) is 46.0 Å². The summed E-state index contributed by atoms with van der Waals surface area (Å²) in [5.74, 6) is 2.10. The molecule has 0 amide bonds. The molecule has 2 aromatic carbocycles. The van der Waals surface area contributed by atoms with Crippen LogP contribution in [0.15, 0.2) is 76.5 Å². The van der Waals surface area contributed by atoms with Crippen molar-refractivity contribution in [3.05, 3.63) is 83.9 Å². The molecule has 2 heterocycles. The third-order valence-electron chi connectivity index (χ3n) is 5.33. The molecular weight excluding hydrogens is 541 g/mol. The lowest BCUT2D eigenvalue weighted by Crippen LogP contribution is -2.39. The van der Waals surface area contributed by atoms with Crippen LogP contribution in [0.4, 0.5) is 0 Å². The summed E-state index contributed by atoms with van der Waals surface area (Å²) in [6, 6.07) is 18.6. The van der Waals surface area contributed by atoms with Gasteiger partial charge < -0.3 is 15.2 Å². The molecule has 0 saturated heterocycles. The third-order valence-corrected chi connectivity index (χ3v) is 5.33. The quantitative estimate of drug-likeness (QED) is 0.179. The second-order valence-electron chi connectivity index (χ2n) is 7.61. The van der Waals surface area contributed by atoms with Crippen LogP contribution >= 0.6 is 24.0 Å². The van der Waals surface area contributed by atoms with Crippen LogP contribution in [0.3, 0.4) is 0 Å². The third kappa shape index (κ3) is 6.89. The number of rotatable bonds is 9. The molecule has 4 rings (SSSR count). The number of aryl methyl sites for hydroxylation is 1. The summed E-state index contributed by atoms with van der Waals surface area (Å²) in [4.78, 5) is 8.69. The average molecular weight is 571 g/mol. The monoisotopic (exact) mass is 571 g/mol. The number of aromatic nitrogens is 4. The SMILES string of the molecule is CCc1noc(-c2ccc(CCNC(=NC)NCCc3ccc(-n4cccn4)cc3)cc2)n1.I. The number of nitrogens with one attached hydrogen (secondary N) is 2. The summed E-state index contributed by atoms with van der Waals surface area (Å²) in [6.07, 6.45) is 6.29. The van der Waals surface area contributed by atoms with Gasteiger partial charge in [-0.2, -0.15) is 10.1 Å². The molecule has 34 heavy (non-hydrogen) atoms. The van der Waals surface area contributed by atoms with Gasteiger partial charge in [-0.25, -0.2) is 4.68 Å². The van der Waals surface area contributed by atoms with Gasteiger partial charge in [-0.3, -0.25) is 4.99 Å². The number of aliphatic imine (C=N–C) groups is 1. The Hall–Kier alpha value is -3.21. The van der Waals surface area contributed by atoms with E-state index < -0.39 is 0 Å². The van der Waals surface area contributed by atoms with Crippen LogP contribution in [-0.2, 0) is 19.3 Å². The minimum Gasteiger partial charge on any atom is -0.356 e. The molecular formula is C25H30IN7O. The van der Waals surface area contributed by atoms with Gasteiger partial charge >= 0.3 is 0 Å². The Kier molecular flexibility index (Phi) is 9.62. The molecule has 0 aliphatic carbocycles. The summed E-state index contributed by atoms with van der Waals surface area (Å²) in [7, 11) is 1.79. The van der Waals surface area contributed by atoms with E-state index in [9.17, 15) is 0 Å². The number of hydrogen-bond donors (Lipinski definition) is 2. The van der Waals surface area contributed by atoms with Crippen molar-refractivity contribution in [3.8, 4) is 17.1 Å². The van der Waals surface area contributed by atoms with Crippen molar-refractivity contribution < 1.29 is 4.52 Å². The van der Waals surface area contributed by atoms with E-state index in [4.69, 9.17) is 4.52 Å². The van der Waals surface area contributed by atoms with Crippen molar-refractivity contribution in [2.45, 2.75) is 26.2 Å². The second kappa shape index (κ2) is 12.9. The lowest BCUT2D eigenvalue weighted by atomic mass is 10.1. The van der Waals surface area contributed by atoms with E-state index >= 15 is 0 Å². The smallest absolute Gasteiger partial charge is 0.257 e. The topological polar surface area (TPSA) is 93.2 Å². The van der Waals surface area contributed by atoms with Gasteiger partial charge in [0, 0.05) is 44.5 Å². The fourth-order valence-corrected chi connectivity index (χ4v) is 3.44. The van der Waals surface area contributed by atoms with E-state index in [1.165, 1.54) is 11.1 Å². The Labute approximate surface area is 216 Å². The van der Waals surface area contributed by atoms with Crippen LogP contribution in [0.2, 0.25) is 0 Å². The number of hydrogen-bond acceptors (Lipinski definition) is 5. The predicted molar refractivity (Wildman–Crippen MR) is 145 cm³/mol. The van der Waals surface area contributed by atoms with Crippen LogP contribution in [0, 0.1) is 0 Å². The molecule has 4 aromatic rings. The lowest BCUT2D eigenvalue weighted by Gasteiger charge is -2.12. The molecule has 178 valence electrons. The summed E-state index contributed by atoms with van der Waals surface area (Å²) in [5, 5.41) is 15.0. The predicted octanol–water partition coefficient (Wildman–Crippen LogP) is 4.05. The highest BCUT2D eigenvalue weighted by atomic mass is 127. The van der Waals surface area contributed by atoms with Gasteiger partial charge in [0.15, 0.2) is 11.8 Å². The first-order valence-corrected chi connectivity index (χ1v) is 11.2. The maximum Gasteiger partial charge on any atom is 0.257 e. The first kappa shape index (κ1) is 25.4. The van der Waals surface area contributed by atoms with E-state index in [0.717, 1.165) is 55.4 Å². The first-order valence-electron chi connectivity index (χ1n) is 11.2. The zero-order chi connectivity index (χ0) is 22.9. The van der Waals surface area contributed by atoms with Gasteiger partial charge in [-0.05, 0) is 54.3 Å². The Bertz CT molecular complexity index is 1150. The summed E-state index contributed by atoms with van der Waals surface area (Å²) in [6.45, 7) is 3.60. The van der Waals surface area contributed by atoms with Crippen molar-refractivity contribution in [2.24, 2.45) is 4.99 Å². The Morgan fingerprint density at radius 2 is 1.62 bits per heavy atom. The van der Waals surface area contributed by atoms with Crippen LogP contribution in [0.25, 0.3) is 17.1 Å². The van der Waals surface area contributed by atoms with Gasteiger partial charge in [0.1, 0.15) is 0 Å². The van der Waals surface area contributed by atoms with Gasteiger partial charge in [0.25, 0.3) is 5.89 Å². The van der Waals surface area contributed by atoms with Crippen molar-refractivity contribution in [1.29, 1.82) is 0 Å². The molecule has 0 fully saturated rings. The Morgan fingerprint density at radius 1 is 0.971 bits per heavy atom. The largest absolute Gasteiger partial charge is 0.356 e. The zero-order valence-corrected chi connectivity index (χ0v) is 21.8. The van der Waals surface area contributed by atoms with Crippen LogP contribution in [0.5, 0.6) is 0 Å². The van der Waals surface area contributed by atoms with Gasteiger partial charge in [-0.15, -0.1) is 24.0 Å². The molecule has 0 bridgehead atoms.